The van der Waals surface area contributed by atoms with Crippen LogP contribution in [0, 0.1) is 10.6 Å². The number of H-pyrrole nitrogens is 1. The van der Waals surface area contributed by atoms with E-state index in [1.165, 1.54) is 12.1 Å². The van der Waals surface area contributed by atoms with E-state index in [0.29, 0.717) is 30.5 Å². The van der Waals surface area contributed by atoms with Gasteiger partial charge in [0.2, 0.25) is 0 Å². The first kappa shape index (κ1) is 14.1. The maximum Gasteiger partial charge on any atom is 0.182 e. The van der Waals surface area contributed by atoms with Gasteiger partial charge >= 0.3 is 0 Å². The Hall–Kier alpha value is -0.880. The fourth-order valence-corrected chi connectivity index (χ4v) is 3.17. The first-order valence-corrected chi connectivity index (χ1v) is 7.49. The molecule has 0 atom stereocenters. The lowest BCUT2D eigenvalue weighted by atomic mass is 10.2. The molecule has 0 unspecified atom stereocenters. The Labute approximate surface area is 137 Å². The molecular weight excluding hydrogens is 386 g/mol. The minimum absolute atomic E-state index is 0.333. The van der Waals surface area contributed by atoms with Crippen LogP contribution in [0.1, 0.15) is 0 Å². The molecule has 3 aromatic rings. The molecule has 0 radical (unpaired) electrons. The van der Waals surface area contributed by atoms with E-state index in [4.69, 9.17) is 35.4 Å². The van der Waals surface area contributed by atoms with Crippen molar-refractivity contribution in [1.29, 1.82) is 0 Å². The summed E-state index contributed by atoms with van der Waals surface area (Å²) in [6, 6.07) is 7.98. The normalized spacial score (nSPS) is 11.2. The van der Waals surface area contributed by atoms with E-state index in [9.17, 15) is 4.39 Å². The molecule has 0 saturated carbocycles. The van der Waals surface area contributed by atoms with E-state index < -0.39 is 0 Å². The zero-order chi connectivity index (χ0) is 14.4. The molecule has 0 amide bonds. The van der Waals surface area contributed by atoms with Crippen LogP contribution in [0.25, 0.3) is 16.7 Å². The maximum atomic E-state index is 13.3. The van der Waals surface area contributed by atoms with E-state index in [1.54, 1.807) is 22.8 Å². The second-order valence-electron chi connectivity index (χ2n) is 4.12. The van der Waals surface area contributed by atoms with Crippen LogP contribution in [-0.4, -0.2) is 9.55 Å². The van der Waals surface area contributed by atoms with Gasteiger partial charge in [-0.3, -0.25) is 4.57 Å². The monoisotopic (exact) mass is 390 g/mol. The van der Waals surface area contributed by atoms with Crippen molar-refractivity contribution in [3.63, 3.8) is 0 Å². The highest BCUT2D eigenvalue weighted by Crippen LogP contribution is 2.36. The van der Waals surface area contributed by atoms with Gasteiger partial charge in [-0.05, 0) is 58.5 Å². The molecule has 0 saturated heterocycles. The van der Waals surface area contributed by atoms with Crippen LogP contribution in [0.15, 0.2) is 34.8 Å². The van der Waals surface area contributed by atoms with Crippen molar-refractivity contribution >= 4 is 62.4 Å². The summed E-state index contributed by atoms with van der Waals surface area (Å²) >= 11 is 21.0. The highest BCUT2D eigenvalue weighted by molar-refractivity contribution is 9.10. The SMILES string of the molecule is Fc1ccc2c(c1)[nH]c(=S)n2-c1ccc(Br)c(Cl)c1Cl. The van der Waals surface area contributed by atoms with Gasteiger partial charge in [0.15, 0.2) is 4.77 Å². The molecular formula is C13H6BrCl2FN2S. The van der Waals surface area contributed by atoms with Gasteiger partial charge in [0, 0.05) is 4.47 Å². The van der Waals surface area contributed by atoms with Gasteiger partial charge in [0.05, 0.1) is 26.8 Å². The molecule has 20 heavy (non-hydrogen) atoms. The largest absolute Gasteiger partial charge is 0.330 e. The standard InChI is InChI=1S/C13H6BrCl2FN2S/c14-7-2-4-10(12(16)11(7)15)19-9-3-1-6(17)5-8(9)18-13(19)20/h1-5H,(H,18,20). The lowest BCUT2D eigenvalue weighted by molar-refractivity contribution is 0.629. The van der Waals surface area contributed by atoms with Crippen molar-refractivity contribution in [3.05, 3.63) is 55.4 Å². The number of halogens is 4. The van der Waals surface area contributed by atoms with Crippen LogP contribution in [0.5, 0.6) is 0 Å². The average molecular weight is 392 g/mol. The first-order valence-electron chi connectivity index (χ1n) is 5.53. The lowest BCUT2D eigenvalue weighted by Gasteiger charge is -2.09. The Kier molecular flexibility index (Phi) is 3.62. The molecule has 2 nitrogen and oxygen atoms in total. The van der Waals surface area contributed by atoms with E-state index in [2.05, 4.69) is 20.9 Å². The van der Waals surface area contributed by atoms with Crippen LogP contribution in [-0.2, 0) is 0 Å². The fraction of sp³-hybridized carbons (Fsp3) is 0. The molecule has 3 rings (SSSR count). The van der Waals surface area contributed by atoms with Crippen LogP contribution in [0.4, 0.5) is 4.39 Å². The quantitative estimate of drug-likeness (QED) is 0.404. The van der Waals surface area contributed by atoms with Crippen molar-refractivity contribution < 1.29 is 4.39 Å². The highest BCUT2D eigenvalue weighted by atomic mass is 79.9. The van der Waals surface area contributed by atoms with Crippen LogP contribution in [0.2, 0.25) is 10.0 Å². The fourth-order valence-electron chi connectivity index (χ4n) is 2.01. The van der Waals surface area contributed by atoms with Gasteiger partial charge in [-0.1, -0.05) is 23.2 Å². The molecule has 7 heteroatoms. The summed E-state index contributed by atoms with van der Waals surface area (Å²) in [6.07, 6.45) is 0. The molecule has 0 aliphatic rings. The van der Waals surface area contributed by atoms with Gasteiger partial charge in [-0.2, -0.15) is 0 Å². The Morgan fingerprint density at radius 3 is 2.65 bits per heavy atom. The number of hydrogen-bond donors (Lipinski definition) is 1. The van der Waals surface area contributed by atoms with Crippen LogP contribution >= 0.6 is 51.3 Å². The Bertz CT molecular complexity index is 888. The predicted octanol–water partition coefficient (Wildman–Crippen LogP) is 5.90. The summed E-state index contributed by atoms with van der Waals surface area (Å²) in [5, 5.41) is 0.782. The van der Waals surface area contributed by atoms with Gasteiger partial charge < -0.3 is 4.98 Å². The maximum absolute atomic E-state index is 13.3. The van der Waals surface area contributed by atoms with E-state index in [-0.39, 0.29) is 5.82 Å². The second-order valence-corrected chi connectivity index (χ2v) is 6.12. The molecule has 2 aromatic carbocycles. The van der Waals surface area contributed by atoms with Crippen molar-refractivity contribution in [1.82, 2.24) is 9.55 Å². The molecule has 1 N–H and O–H groups in total. The number of hydrogen-bond acceptors (Lipinski definition) is 1. The summed E-state index contributed by atoms with van der Waals surface area (Å²) in [5.41, 5.74) is 1.98. The predicted molar refractivity (Wildman–Crippen MR) is 86.1 cm³/mol. The minimum Gasteiger partial charge on any atom is -0.330 e. The first-order chi connectivity index (χ1) is 9.49. The molecule has 0 aliphatic carbocycles. The average Bonchev–Trinajstić information content (AvgIpc) is 2.72. The van der Waals surface area contributed by atoms with E-state index in [0.717, 1.165) is 5.52 Å². The molecule has 102 valence electrons. The van der Waals surface area contributed by atoms with Gasteiger partial charge in [-0.15, -0.1) is 0 Å². The molecule has 1 heterocycles. The van der Waals surface area contributed by atoms with Gasteiger partial charge in [0.25, 0.3) is 0 Å². The lowest BCUT2D eigenvalue weighted by Crippen LogP contribution is -1.96. The Balaban J connectivity index is 2.38. The van der Waals surface area contributed by atoms with Crippen LogP contribution in [0.3, 0.4) is 0 Å². The molecule has 0 spiro atoms. The summed E-state index contributed by atoms with van der Waals surface area (Å²) in [6.45, 7) is 0. The zero-order valence-electron chi connectivity index (χ0n) is 9.75. The molecule has 0 fully saturated rings. The molecule has 1 aromatic heterocycles. The van der Waals surface area contributed by atoms with E-state index >= 15 is 0 Å². The van der Waals surface area contributed by atoms with Crippen molar-refractivity contribution in [3.8, 4) is 5.69 Å². The zero-order valence-corrected chi connectivity index (χ0v) is 13.7. The molecule has 0 aliphatic heterocycles. The van der Waals surface area contributed by atoms with Crippen LogP contribution < -0.4 is 0 Å². The summed E-state index contributed by atoms with van der Waals surface area (Å²) in [7, 11) is 0. The topological polar surface area (TPSA) is 20.7 Å². The number of aromatic nitrogens is 2. The number of imidazole rings is 1. The number of benzene rings is 2. The Morgan fingerprint density at radius 1 is 1.15 bits per heavy atom. The number of nitrogens with zero attached hydrogens (tertiary/aromatic N) is 1. The number of fused-ring (bicyclic) bond motifs is 1. The smallest absolute Gasteiger partial charge is 0.182 e. The van der Waals surface area contributed by atoms with Crippen molar-refractivity contribution in [2.24, 2.45) is 0 Å². The Morgan fingerprint density at radius 2 is 1.90 bits per heavy atom. The molecule has 0 bridgehead atoms. The van der Waals surface area contributed by atoms with E-state index in [1.807, 2.05) is 0 Å². The summed E-state index contributed by atoms with van der Waals surface area (Å²) in [5.74, 6) is -0.333. The third kappa shape index (κ3) is 2.19. The summed E-state index contributed by atoms with van der Waals surface area (Å²) in [4.78, 5) is 2.95. The van der Waals surface area contributed by atoms with Crippen molar-refractivity contribution in [2.45, 2.75) is 0 Å². The summed E-state index contributed by atoms with van der Waals surface area (Å²) < 4.78 is 16.1. The van der Waals surface area contributed by atoms with Gasteiger partial charge in [0.1, 0.15) is 5.82 Å². The second kappa shape index (κ2) is 5.15. The number of nitrogens with one attached hydrogen (secondary N) is 1. The third-order valence-electron chi connectivity index (χ3n) is 2.90. The van der Waals surface area contributed by atoms with Crippen molar-refractivity contribution in [2.75, 3.05) is 0 Å². The number of rotatable bonds is 1. The third-order valence-corrected chi connectivity index (χ3v) is 4.95. The minimum atomic E-state index is -0.333. The highest BCUT2D eigenvalue weighted by Gasteiger charge is 2.14. The van der Waals surface area contributed by atoms with Gasteiger partial charge in [-0.25, -0.2) is 4.39 Å². The number of aromatic amines is 1.